The lowest BCUT2D eigenvalue weighted by molar-refractivity contribution is 0.196. The minimum Gasteiger partial charge on any atom is -0.419 e. The molecule has 0 amide bonds. The zero-order valence-electron chi connectivity index (χ0n) is 18.3. The number of rotatable bonds is 10. The van der Waals surface area contributed by atoms with Crippen LogP contribution in [0.25, 0.3) is 11.5 Å². The van der Waals surface area contributed by atoms with Crippen LogP contribution in [0.5, 0.6) is 0 Å². The molecule has 0 radical (unpaired) electrons. The predicted molar refractivity (Wildman–Crippen MR) is 118 cm³/mol. The summed E-state index contributed by atoms with van der Waals surface area (Å²) in [6.07, 6.45) is 0.595. The van der Waals surface area contributed by atoms with E-state index in [9.17, 15) is 14.0 Å². The number of nitrogens with one attached hydrogen (secondary N) is 1. The fraction of sp³-hybridized carbons (Fsp3) is 0.429. The van der Waals surface area contributed by atoms with Gasteiger partial charge in [-0.25, -0.2) is 9.18 Å². The first-order valence-electron chi connectivity index (χ1n) is 10.2. The third-order valence-corrected chi connectivity index (χ3v) is 4.74. The van der Waals surface area contributed by atoms with Gasteiger partial charge in [0.2, 0.25) is 11.8 Å². The molecule has 11 heteroatoms. The molecular weight excluding hydrogens is 419 g/mol. The fourth-order valence-electron chi connectivity index (χ4n) is 3.29. The molecule has 0 spiro atoms. The highest BCUT2D eigenvalue weighted by Gasteiger charge is 2.22. The summed E-state index contributed by atoms with van der Waals surface area (Å²) in [7, 11) is 1.58. The van der Waals surface area contributed by atoms with Gasteiger partial charge >= 0.3 is 5.69 Å². The number of ether oxygens (including phenoxy) is 1. The van der Waals surface area contributed by atoms with Gasteiger partial charge in [-0.05, 0) is 36.6 Å². The van der Waals surface area contributed by atoms with Crippen molar-refractivity contribution in [2.45, 2.75) is 33.4 Å². The van der Waals surface area contributed by atoms with Gasteiger partial charge in [-0.3, -0.25) is 14.3 Å². The van der Waals surface area contributed by atoms with E-state index < -0.39 is 11.2 Å². The number of benzene rings is 1. The Labute approximate surface area is 183 Å². The maximum Gasteiger partial charge on any atom is 0.330 e. The Balaban J connectivity index is 1.95. The van der Waals surface area contributed by atoms with E-state index in [4.69, 9.17) is 14.9 Å². The van der Waals surface area contributed by atoms with E-state index in [-0.39, 0.29) is 41.6 Å². The summed E-state index contributed by atoms with van der Waals surface area (Å²) in [6.45, 7) is 5.20. The summed E-state index contributed by atoms with van der Waals surface area (Å²) in [5.41, 5.74) is 5.84. The Kier molecular flexibility index (Phi) is 7.41. The Hall–Kier alpha value is -3.47. The van der Waals surface area contributed by atoms with Gasteiger partial charge in [0.05, 0.1) is 6.54 Å². The van der Waals surface area contributed by atoms with Crippen LogP contribution in [-0.4, -0.2) is 40.0 Å². The number of H-pyrrole nitrogens is 1. The molecule has 3 aromatic rings. The van der Waals surface area contributed by atoms with Gasteiger partial charge in [-0.15, -0.1) is 10.2 Å². The highest BCUT2D eigenvalue weighted by molar-refractivity contribution is 5.62. The summed E-state index contributed by atoms with van der Waals surface area (Å²) in [6, 6.07) is 5.67. The number of halogens is 1. The van der Waals surface area contributed by atoms with Gasteiger partial charge in [-0.1, -0.05) is 13.8 Å². The lowest BCUT2D eigenvalue weighted by Crippen LogP contribution is -2.39. The first-order valence-corrected chi connectivity index (χ1v) is 10.2. The van der Waals surface area contributed by atoms with Crippen molar-refractivity contribution in [2.75, 3.05) is 30.9 Å². The molecule has 0 bridgehead atoms. The summed E-state index contributed by atoms with van der Waals surface area (Å²) in [5, 5.41) is 8.06. The number of aromatic nitrogens is 4. The molecule has 0 aliphatic heterocycles. The minimum atomic E-state index is -0.594. The van der Waals surface area contributed by atoms with E-state index in [0.29, 0.717) is 31.7 Å². The number of nitrogens with two attached hydrogens (primary N) is 1. The molecule has 172 valence electrons. The second kappa shape index (κ2) is 10.2. The van der Waals surface area contributed by atoms with Gasteiger partial charge in [-0.2, -0.15) is 0 Å². The molecule has 0 aliphatic carbocycles. The van der Waals surface area contributed by atoms with Crippen LogP contribution in [0.15, 0.2) is 38.3 Å². The van der Waals surface area contributed by atoms with Crippen LogP contribution in [0.1, 0.15) is 26.2 Å². The van der Waals surface area contributed by atoms with Crippen LogP contribution in [0.3, 0.4) is 0 Å². The molecule has 2 aromatic heterocycles. The van der Waals surface area contributed by atoms with Gasteiger partial charge < -0.3 is 19.8 Å². The van der Waals surface area contributed by atoms with Crippen molar-refractivity contribution in [3.63, 3.8) is 0 Å². The van der Waals surface area contributed by atoms with Crippen molar-refractivity contribution < 1.29 is 13.5 Å². The average molecular weight is 446 g/mol. The number of hydrogen-bond donors (Lipinski definition) is 2. The summed E-state index contributed by atoms with van der Waals surface area (Å²) in [5.74, 6) is 0.308. The van der Waals surface area contributed by atoms with E-state index in [1.165, 1.54) is 28.8 Å². The number of nitrogen functional groups attached to an aromatic ring is 1. The first-order chi connectivity index (χ1) is 15.3. The van der Waals surface area contributed by atoms with Gasteiger partial charge in [0.15, 0.2) is 0 Å². The Morgan fingerprint density at radius 3 is 2.62 bits per heavy atom. The summed E-state index contributed by atoms with van der Waals surface area (Å²) in [4.78, 5) is 29.0. The second-order valence-corrected chi connectivity index (χ2v) is 7.77. The van der Waals surface area contributed by atoms with E-state index in [1.54, 1.807) is 12.0 Å². The van der Waals surface area contributed by atoms with Crippen molar-refractivity contribution in [1.82, 2.24) is 19.7 Å². The third kappa shape index (κ3) is 5.41. The molecule has 10 nitrogen and oxygen atoms in total. The normalized spacial score (nSPS) is 11.3. The summed E-state index contributed by atoms with van der Waals surface area (Å²) < 4.78 is 25.4. The Bertz CT molecular complexity index is 1150. The molecule has 0 fully saturated rings. The third-order valence-electron chi connectivity index (χ3n) is 4.74. The smallest absolute Gasteiger partial charge is 0.330 e. The van der Waals surface area contributed by atoms with Gasteiger partial charge in [0.1, 0.15) is 17.3 Å². The van der Waals surface area contributed by atoms with E-state index in [2.05, 4.69) is 15.2 Å². The molecule has 2 heterocycles. The molecule has 0 saturated carbocycles. The van der Waals surface area contributed by atoms with Gasteiger partial charge in [0, 0.05) is 32.4 Å². The van der Waals surface area contributed by atoms with Crippen molar-refractivity contribution in [2.24, 2.45) is 5.92 Å². The SMILES string of the molecule is COCCCN(Cc1nnc(-c2ccc(F)cc2)o1)c1c(N)n(CC(C)C)c(=O)[nH]c1=O. The Morgan fingerprint density at radius 2 is 1.97 bits per heavy atom. The average Bonchev–Trinajstić information content (AvgIpc) is 3.20. The largest absolute Gasteiger partial charge is 0.419 e. The predicted octanol–water partition coefficient (Wildman–Crippen LogP) is 2.01. The highest BCUT2D eigenvalue weighted by atomic mass is 19.1. The van der Waals surface area contributed by atoms with Crippen LogP contribution in [-0.2, 0) is 17.8 Å². The zero-order chi connectivity index (χ0) is 23.3. The van der Waals surface area contributed by atoms with Gasteiger partial charge in [0.25, 0.3) is 5.56 Å². The van der Waals surface area contributed by atoms with E-state index in [1.807, 2.05) is 13.8 Å². The van der Waals surface area contributed by atoms with Crippen molar-refractivity contribution in [3.8, 4) is 11.5 Å². The van der Waals surface area contributed by atoms with Crippen LogP contribution in [0.2, 0.25) is 0 Å². The molecule has 32 heavy (non-hydrogen) atoms. The van der Waals surface area contributed by atoms with Crippen LogP contribution >= 0.6 is 0 Å². The molecule has 0 aliphatic rings. The molecule has 3 rings (SSSR count). The fourth-order valence-corrected chi connectivity index (χ4v) is 3.29. The van der Waals surface area contributed by atoms with Crippen molar-refractivity contribution in [1.29, 1.82) is 0 Å². The first kappa shape index (κ1) is 23.2. The number of aromatic amines is 1. The maximum absolute atomic E-state index is 13.2. The molecule has 0 saturated heterocycles. The van der Waals surface area contributed by atoms with Crippen molar-refractivity contribution in [3.05, 3.63) is 56.8 Å². The van der Waals surface area contributed by atoms with E-state index in [0.717, 1.165) is 0 Å². The second-order valence-electron chi connectivity index (χ2n) is 7.77. The minimum absolute atomic E-state index is 0.0724. The molecular formula is C21H27FN6O4. The highest BCUT2D eigenvalue weighted by Crippen LogP contribution is 2.22. The molecule has 1 aromatic carbocycles. The molecule has 0 atom stereocenters. The quantitative estimate of drug-likeness (QED) is 0.452. The topological polar surface area (TPSA) is 132 Å². The van der Waals surface area contributed by atoms with Crippen molar-refractivity contribution >= 4 is 11.5 Å². The lowest BCUT2D eigenvalue weighted by atomic mass is 10.2. The van der Waals surface area contributed by atoms with Crippen LogP contribution < -0.4 is 21.9 Å². The maximum atomic E-state index is 13.2. The number of anilines is 2. The summed E-state index contributed by atoms with van der Waals surface area (Å²) >= 11 is 0. The Morgan fingerprint density at radius 1 is 1.25 bits per heavy atom. The molecule has 0 unspecified atom stereocenters. The monoisotopic (exact) mass is 446 g/mol. The molecule has 3 N–H and O–H groups in total. The standard InChI is InChI=1S/C21H27FN6O4/c1-13(2)11-28-18(23)17(19(29)24-21(28)30)27(9-4-10-31-3)12-16-25-26-20(32-16)14-5-7-15(22)8-6-14/h5-8,13H,4,9-12,23H2,1-3H3,(H,24,29,30). The van der Waals surface area contributed by atoms with Crippen LogP contribution in [0, 0.1) is 11.7 Å². The zero-order valence-corrected chi connectivity index (χ0v) is 18.3. The number of nitrogens with zero attached hydrogens (tertiary/aromatic N) is 4. The lowest BCUT2D eigenvalue weighted by Gasteiger charge is -2.25. The number of methoxy groups -OCH3 is 1. The number of hydrogen-bond acceptors (Lipinski definition) is 8. The van der Waals surface area contributed by atoms with Crippen LogP contribution in [0.4, 0.5) is 15.9 Å². The van der Waals surface area contributed by atoms with E-state index >= 15 is 0 Å².